The van der Waals surface area contributed by atoms with E-state index in [1.807, 2.05) is 49.2 Å². The number of carbonyl (C=O) groups is 1. The van der Waals surface area contributed by atoms with Gasteiger partial charge in [0.1, 0.15) is 18.2 Å². The summed E-state index contributed by atoms with van der Waals surface area (Å²) in [6, 6.07) is 13.9. The minimum absolute atomic E-state index is 0.180. The van der Waals surface area contributed by atoms with Crippen LogP contribution >= 0.6 is 0 Å². The second kappa shape index (κ2) is 8.29. The van der Waals surface area contributed by atoms with E-state index in [1.165, 1.54) is 12.1 Å². The summed E-state index contributed by atoms with van der Waals surface area (Å²) in [5.41, 5.74) is 1.33. The highest BCUT2D eigenvalue weighted by atomic mass is 19.1. The molecule has 1 N–H and O–H groups in total. The summed E-state index contributed by atoms with van der Waals surface area (Å²) >= 11 is 0. The first-order valence-corrected chi connectivity index (χ1v) is 7.47. The quantitative estimate of drug-likeness (QED) is 0.853. The van der Waals surface area contributed by atoms with Crippen LogP contribution in [0.3, 0.4) is 0 Å². The lowest BCUT2D eigenvalue weighted by Gasteiger charge is -2.17. The molecule has 0 bridgehead atoms. The van der Waals surface area contributed by atoms with E-state index in [0.717, 1.165) is 11.3 Å². The highest BCUT2D eigenvalue weighted by Crippen LogP contribution is 2.15. The highest BCUT2D eigenvalue weighted by molar-refractivity contribution is 5.92. The van der Waals surface area contributed by atoms with Crippen molar-refractivity contribution < 1.29 is 13.9 Å². The van der Waals surface area contributed by atoms with Crippen LogP contribution in [0.2, 0.25) is 0 Å². The molecule has 0 radical (unpaired) electrons. The number of hydrogen-bond acceptors (Lipinski definition) is 3. The maximum absolute atomic E-state index is 13.2. The van der Waals surface area contributed by atoms with Crippen molar-refractivity contribution in [2.24, 2.45) is 0 Å². The van der Waals surface area contributed by atoms with Gasteiger partial charge in [-0.05, 0) is 43.8 Å². The Kier molecular flexibility index (Phi) is 6.11. The van der Waals surface area contributed by atoms with Crippen molar-refractivity contribution in [1.29, 1.82) is 0 Å². The average molecular weight is 316 g/mol. The highest BCUT2D eigenvalue weighted by Gasteiger charge is 2.09. The molecule has 4 nitrogen and oxygen atoms in total. The van der Waals surface area contributed by atoms with E-state index < -0.39 is 0 Å². The number of nitrogens with one attached hydrogen (secondary N) is 1. The molecule has 0 saturated carbocycles. The number of para-hydroxylation sites is 1. The van der Waals surface area contributed by atoms with E-state index in [-0.39, 0.29) is 18.3 Å². The molecule has 0 atom stereocenters. The van der Waals surface area contributed by atoms with Gasteiger partial charge >= 0.3 is 0 Å². The van der Waals surface area contributed by atoms with Crippen molar-refractivity contribution in [3.8, 4) is 5.75 Å². The topological polar surface area (TPSA) is 41.6 Å². The molecule has 122 valence electrons. The van der Waals surface area contributed by atoms with Gasteiger partial charge in [-0.2, -0.15) is 0 Å². The van der Waals surface area contributed by atoms with Gasteiger partial charge in [-0.3, -0.25) is 9.69 Å². The summed E-state index contributed by atoms with van der Waals surface area (Å²) in [5.74, 6) is 0.261. The molecule has 0 aliphatic carbocycles. The minimum Gasteiger partial charge on any atom is -0.492 e. The number of halogens is 1. The monoisotopic (exact) mass is 316 g/mol. The number of ether oxygens (including phenoxy) is 1. The molecule has 0 spiro atoms. The summed E-state index contributed by atoms with van der Waals surface area (Å²) in [6.45, 7) is 3.15. The third kappa shape index (κ3) is 5.71. The van der Waals surface area contributed by atoms with Crippen molar-refractivity contribution in [3.05, 3.63) is 59.9 Å². The van der Waals surface area contributed by atoms with Crippen LogP contribution in [0.1, 0.15) is 5.56 Å². The average Bonchev–Trinajstić information content (AvgIpc) is 2.52. The zero-order valence-electron chi connectivity index (χ0n) is 13.4. The summed E-state index contributed by atoms with van der Waals surface area (Å²) in [4.78, 5) is 13.9. The van der Waals surface area contributed by atoms with Gasteiger partial charge in [0.05, 0.1) is 6.54 Å². The zero-order chi connectivity index (χ0) is 16.7. The Bertz CT molecular complexity index is 647. The van der Waals surface area contributed by atoms with Gasteiger partial charge < -0.3 is 10.1 Å². The van der Waals surface area contributed by atoms with Crippen molar-refractivity contribution >= 4 is 11.6 Å². The predicted octanol–water partition coefficient (Wildman–Crippen LogP) is 3.08. The van der Waals surface area contributed by atoms with Crippen LogP contribution in [-0.2, 0) is 4.79 Å². The molecular formula is C18H21FN2O2. The number of likely N-dealkylation sites (N-methyl/N-ethyl adjacent to an activating group) is 1. The van der Waals surface area contributed by atoms with Gasteiger partial charge in [-0.1, -0.05) is 24.3 Å². The van der Waals surface area contributed by atoms with Gasteiger partial charge in [0.15, 0.2) is 0 Å². The fourth-order valence-electron chi connectivity index (χ4n) is 2.08. The standard InChI is InChI=1S/C18H21FN2O2/c1-14-8-9-15(19)12-17(14)20-18(22)13-21(2)10-11-23-16-6-4-3-5-7-16/h3-9,12H,10-11,13H2,1-2H3,(H,20,22). The molecular weight excluding hydrogens is 295 g/mol. The lowest BCUT2D eigenvalue weighted by atomic mass is 10.2. The summed E-state index contributed by atoms with van der Waals surface area (Å²) < 4.78 is 18.8. The van der Waals surface area contributed by atoms with Gasteiger partial charge in [-0.25, -0.2) is 4.39 Å². The number of aryl methyl sites for hydroxylation is 1. The first kappa shape index (κ1) is 17.0. The van der Waals surface area contributed by atoms with Gasteiger partial charge in [0.25, 0.3) is 0 Å². The maximum atomic E-state index is 13.2. The van der Waals surface area contributed by atoms with E-state index in [9.17, 15) is 9.18 Å². The second-order valence-electron chi connectivity index (χ2n) is 5.41. The number of rotatable bonds is 7. The molecule has 0 aromatic heterocycles. The Labute approximate surface area is 135 Å². The number of carbonyl (C=O) groups excluding carboxylic acids is 1. The molecule has 5 heteroatoms. The SMILES string of the molecule is Cc1ccc(F)cc1NC(=O)CN(C)CCOc1ccccc1. The second-order valence-corrected chi connectivity index (χ2v) is 5.41. The zero-order valence-corrected chi connectivity index (χ0v) is 13.4. The molecule has 2 aromatic rings. The maximum Gasteiger partial charge on any atom is 0.238 e. The Morgan fingerprint density at radius 1 is 1.22 bits per heavy atom. The molecule has 0 heterocycles. The molecule has 0 saturated heterocycles. The first-order valence-electron chi connectivity index (χ1n) is 7.47. The van der Waals surface area contributed by atoms with E-state index in [4.69, 9.17) is 4.74 Å². The van der Waals surface area contributed by atoms with Crippen molar-refractivity contribution in [2.75, 3.05) is 32.1 Å². The molecule has 0 unspecified atom stereocenters. The molecule has 2 aromatic carbocycles. The van der Waals surface area contributed by atoms with Crippen LogP contribution in [0.5, 0.6) is 5.75 Å². The number of anilines is 1. The van der Waals surface area contributed by atoms with Crippen LogP contribution in [0.15, 0.2) is 48.5 Å². The molecule has 23 heavy (non-hydrogen) atoms. The Morgan fingerprint density at radius 2 is 1.96 bits per heavy atom. The van der Waals surface area contributed by atoms with E-state index in [0.29, 0.717) is 18.8 Å². The van der Waals surface area contributed by atoms with Gasteiger partial charge in [0.2, 0.25) is 5.91 Å². The third-order valence-corrected chi connectivity index (χ3v) is 3.37. The Hall–Kier alpha value is -2.40. The lowest BCUT2D eigenvalue weighted by molar-refractivity contribution is -0.117. The minimum atomic E-state index is -0.365. The van der Waals surface area contributed by atoms with Crippen molar-refractivity contribution in [2.45, 2.75) is 6.92 Å². The van der Waals surface area contributed by atoms with E-state index >= 15 is 0 Å². The number of hydrogen-bond donors (Lipinski definition) is 1. The summed E-state index contributed by atoms with van der Waals surface area (Å²) in [7, 11) is 1.84. The normalized spacial score (nSPS) is 10.6. The fraction of sp³-hybridized carbons (Fsp3) is 0.278. The molecule has 0 aliphatic heterocycles. The number of amides is 1. The third-order valence-electron chi connectivity index (χ3n) is 3.37. The first-order chi connectivity index (χ1) is 11.0. The van der Waals surface area contributed by atoms with E-state index in [2.05, 4.69) is 5.32 Å². The van der Waals surface area contributed by atoms with Crippen LogP contribution in [0, 0.1) is 12.7 Å². The van der Waals surface area contributed by atoms with Crippen molar-refractivity contribution in [1.82, 2.24) is 4.90 Å². The number of nitrogens with zero attached hydrogens (tertiary/aromatic N) is 1. The smallest absolute Gasteiger partial charge is 0.238 e. The summed E-state index contributed by atoms with van der Waals surface area (Å²) in [6.07, 6.45) is 0. The Morgan fingerprint density at radius 3 is 2.70 bits per heavy atom. The fourth-order valence-corrected chi connectivity index (χ4v) is 2.08. The molecule has 2 rings (SSSR count). The van der Waals surface area contributed by atoms with Crippen LogP contribution in [0.4, 0.5) is 10.1 Å². The number of benzene rings is 2. The van der Waals surface area contributed by atoms with E-state index in [1.54, 1.807) is 6.07 Å². The molecule has 0 aliphatic rings. The van der Waals surface area contributed by atoms with Crippen LogP contribution in [-0.4, -0.2) is 37.6 Å². The van der Waals surface area contributed by atoms with Gasteiger partial charge in [0, 0.05) is 12.2 Å². The van der Waals surface area contributed by atoms with Crippen molar-refractivity contribution in [3.63, 3.8) is 0 Å². The van der Waals surface area contributed by atoms with Crippen LogP contribution < -0.4 is 10.1 Å². The largest absolute Gasteiger partial charge is 0.492 e. The Balaban J connectivity index is 1.75. The summed E-state index contributed by atoms with van der Waals surface area (Å²) in [5, 5.41) is 2.73. The molecule has 1 amide bonds. The molecule has 0 fully saturated rings. The van der Waals surface area contributed by atoms with Crippen LogP contribution in [0.25, 0.3) is 0 Å². The van der Waals surface area contributed by atoms with Gasteiger partial charge in [-0.15, -0.1) is 0 Å². The lowest BCUT2D eigenvalue weighted by Crippen LogP contribution is -2.33. The predicted molar refractivity (Wildman–Crippen MR) is 89.2 cm³/mol.